The molecular formula is C34H29N3O5S3. The lowest BCUT2D eigenvalue weighted by molar-refractivity contribution is -0.117. The molecule has 0 spiro atoms. The van der Waals surface area contributed by atoms with Crippen molar-refractivity contribution in [2.24, 2.45) is 0 Å². The molecule has 0 saturated heterocycles. The summed E-state index contributed by atoms with van der Waals surface area (Å²) in [4.78, 5) is 29.2. The average molecular weight is 656 g/mol. The number of rotatable bonds is 12. The van der Waals surface area contributed by atoms with Crippen molar-refractivity contribution in [3.63, 3.8) is 0 Å². The van der Waals surface area contributed by atoms with E-state index in [9.17, 15) is 14.7 Å². The topological polar surface area (TPSA) is 102 Å². The quantitative estimate of drug-likeness (QED) is 0.0821. The summed E-state index contributed by atoms with van der Waals surface area (Å²) >= 11 is 3.99. The van der Waals surface area contributed by atoms with Gasteiger partial charge in [-0.05, 0) is 54.1 Å². The second kappa shape index (κ2) is 13.7. The third-order valence-electron chi connectivity index (χ3n) is 7.10. The summed E-state index contributed by atoms with van der Waals surface area (Å²) in [7, 11) is 0. The van der Waals surface area contributed by atoms with Gasteiger partial charge in [-0.1, -0.05) is 95.4 Å². The van der Waals surface area contributed by atoms with Crippen molar-refractivity contribution in [2.45, 2.75) is 36.6 Å². The average Bonchev–Trinajstić information content (AvgIpc) is 3.81. The maximum atomic E-state index is 13.8. The molecule has 8 nitrogen and oxygen atoms in total. The Balaban J connectivity index is 1.34. The van der Waals surface area contributed by atoms with Gasteiger partial charge in [0, 0.05) is 5.75 Å². The number of aromatic nitrogens is 2. The lowest BCUT2D eigenvalue weighted by Crippen LogP contribution is -2.31. The molecule has 1 amide bonds. The lowest BCUT2D eigenvalue weighted by atomic mass is 9.95. The molecule has 0 aliphatic carbocycles. The smallest absolute Gasteiger partial charge is 0.296 e. The summed E-state index contributed by atoms with van der Waals surface area (Å²) < 4.78 is 12.7. The van der Waals surface area contributed by atoms with Gasteiger partial charge in [0.15, 0.2) is 21.6 Å². The molecule has 0 bridgehead atoms. The van der Waals surface area contributed by atoms with E-state index >= 15 is 0 Å². The number of aliphatic hydroxyl groups is 1. The third-order valence-corrected chi connectivity index (χ3v) is 10.1. The zero-order valence-electron chi connectivity index (χ0n) is 24.5. The molecule has 0 radical (unpaired) electrons. The zero-order valence-corrected chi connectivity index (χ0v) is 27.0. The number of thiophene rings is 1. The van der Waals surface area contributed by atoms with E-state index in [-0.39, 0.29) is 10.7 Å². The largest absolute Gasteiger partial charge is 0.503 e. The van der Waals surface area contributed by atoms with E-state index in [1.54, 1.807) is 35.7 Å². The summed E-state index contributed by atoms with van der Waals surface area (Å²) in [5.41, 5.74) is 3.86. The second-order valence-corrected chi connectivity index (χ2v) is 13.3. The predicted molar refractivity (Wildman–Crippen MR) is 178 cm³/mol. The molecule has 11 heteroatoms. The highest BCUT2D eigenvalue weighted by atomic mass is 32.2. The van der Waals surface area contributed by atoms with Crippen LogP contribution >= 0.6 is 34.4 Å². The number of benzene rings is 3. The van der Waals surface area contributed by atoms with Gasteiger partial charge < -0.3 is 14.6 Å². The number of ketones is 1. The van der Waals surface area contributed by atoms with E-state index in [1.165, 1.54) is 44.9 Å². The van der Waals surface area contributed by atoms with E-state index in [2.05, 4.69) is 34.5 Å². The van der Waals surface area contributed by atoms with Crippen LogP contribution in [0.15, 0.2) is 106 Å². The molecule has 45 heavy (non-hydrogen) atoms. The number of aryl methyl sites for hydroxylation is 1. The number of hydrogen-bond donors (Lipinski definition) is 1. The SMILES string of the molecule is CCOc1cc(C2C(C(=O)c3cccs3)=C(O)C(=O)N2c2nnc(SCc3ccc(C)cc3)s2)ccc1OCc1ccccc1. The minimum atomic E-state index is -0.961. The summed E-state index contributed by atoms with van der Waals surface area (Å²) in [5.74, 6) is -0.0905. The van der Waals surface area contributed by atoms with Gasteiger partial charge in [0.05, 0.1) is 23.1 Å². The number of thioether (sulfide) groups is 1. The highest BCUT2D eigenvalue weighted by molar-refractivity contribution is 8.00. The first kappa shape index (κ1) is 30.6. The molecule has 1 atom stereocenters. The van der Waals surface area contributed by atoms with E-state index < -0.39 is 23.5 Å². The van der Waals surface area contributed by atoms with Crippen LogP contribution in [0.5, 0.6) is 11.5 Å². The molecular weight excluding hydrogens is 627 g/mol. The molecule has 228 valence electrons. The van der Waals surface area contributed by atoms with Crippen molar-refractivity contribution >= 4 is 51.3 Å². The minimum Gasteiger partial charge on any atom is -0.503 e. The Morgan fingerprint density at radius 3 is 2.49 bits per heavy atom. The van der Waals surface area contributed by atoms with Crippen molar-refractivity contribution < 1.29 is 24.2 Å². The number of ether oxygens (including phenoxy) is 2. The van der Waals surface area contributed by atoms with Gasteiger partial charge in [-0.25, -0.2) is 0 Å². The Labute approximate surface area is 273 Å². The van der Waals surface area contributed by atoms with Crippen LogP contribution in [0, 0.1) is 6.92 Å². The first-order valence-corrected chi connectivity index (χ1v) is 16.9. The number of aliphatic hydroxyl groups excluding tert-OH is 1. The van der Waals surface area contributed by atoms with Gasteiger partial charge >= 0.3 is 0 Å². The Morgan fingerprint density at radius 2 is 1.76 bits per heavy atom. The Bertz CT molecular complexity index is 1840. The third kappa shape index (κ3) is 6.65. The van der Waals surface area contributed by atoms with Crippen molar-refractivity contribution in [1.29, 1.82) is 0 Å². The molecule has 3 heterocycles. The van der Waals surface area contributed by atoms with Gasteiger partial charge in [0.25, 0.3) is 5.91 Å². The predicted octanol–water partition coefficient (Wildman–Crippen LogP) is 7.96. The Hall–Kier alpha value is -4.45. The Kier molecular flexibility index (Phi) is 9.29. The van der Waals surface area contributed by atoms with Crippen LogP contribution in [0.1, 0.15) is 44.9 Å². The van der Waals surface area contributed by atoms with E-state index in [0.717, 1.165) is 11.1 Å². The minimum absolute atomic E-state index is 0.0214. The summed E-state index contributed by atoms with van der Waals surface area (Å²) in [6, 6.07) is 25.8. The first-order valence-electron chi connectivity index (χ1n) is 14.2. The second-order valence-electron chi connectivity index (χ2n) is 10.2. The number of carbonyl (C=O) groups is 2. The molecule has 0 saturated carbocycles. The van der Waals surface area contributed by atoms with Crippen molar-refractivity contribution in [1.82, 2.24) is 10.2 Å². The fraction of sp³-hybridized carbons (Fsp3) is 0.176. The number of anilines is 1. The van der Waals surface area contributed by atoms with E-state index in [0.29, 0.717) is 45.2 Å². The number of nitrogens with zero attached hydrogens (tertiary/aromatic N) is 3. The van der Waals surface area contributed by atoms with Crippen LogP contribution in [0.2, 0.25) is 0 Å². The van der Waals surface area contributed by atoms with Gasteiger partial charge in [0.2, 0.25) is 10.9 Å². The molecule has 0 fully saturated rings. The van der Waals surface area contributed by atoms with Crippen molar-refractivity contribution in [2.75, 3.05) is 11.5 Å². The lowest BCUT2D eigenvalue weighted by Gasteiger charge is -2.25. The number of carbonyl (C=O) groups excluding carboxylic acids is 2. The molecule has 1 N–H and O–H groups in total. The fourth-order valence-electron chi connectivity index (χ4n) is 4.90. The monoisotopic (exact) mass is 655 g/mol. The maximum absolute atomic E-state index is 13.8. The van der Waals surface area contributed by atoms with Crippen LogP contribution in [0.3, 0.4) is 0 Å². The van der Waals surface area contributed by atoms with Crippen LogP contribution in [0.4, 0.5) is 5.13 Å². The van der Waals surface area contributed by atoms with Crippen LogP contribution in [-0.2, 0) is 17.2 Å². The fourth-order valence-corrected chi connectivity index (χ4v) is 7.40. The molecule has 5 aromatic rings. The van der Waals surface area contributed by atoms with Crippen LogP contribution in [0.25, 0.3) is 0 Å². The highest BCUT2D eigenvalue weighted by Gasteiger charge is 2.46. The number of amides is 1. The molecule has 6 rings (SSSR count). The standard InChI is InChI=1S/C34H29N3O5S3/c1-3-41-26-18-24(15-16-25(26)42-19-22-8-5-4-6-9-22)29-28(30(38)27-10-7-17-43-27)31(39)32(40)37(29)33-35-36-34(45-33)44-20-23-13-11-21(2)12-14-23/h4-18,29,39H,3,19-20H2,1-2H3. The van der Waals surface area contributed by atoms with Gasteiger partial charge in [-0.3, -0.25) is 14.5 Å². The molecule has 2 aromatic heterocycles. The highest BCUT2D eigenvalue weighted by Crippen LogP contribution is 2.46. The van der Waals surface area contributed by atoms with Gasteiger partial charge in [-0.2, -0.15) is 0 Å². The molecule has 1 aliphatic heterocycles. The van der Waals surface area contributed by atoms with Gasteiger partial charge in [0.1, 0.15) is 6.61 Å². The summed E-state index contributed by atoms with van der Waals surface area (Å²) in [5, 5.41) is 21.9. The van der Waals surface area contributed by atoms with E-state index in [4.69, 9.17) is 9.47 Å². The molecule has 3 aromatic carbocycles. The van der Waals surface area contributed by atoms with Crippen molar-refractivity contribution in [3.05, 3.63) is 129 Å². The number of hydrogen-bond acceptors (Lipinski definition) is 10. The van der Waals surface area contributed by atoms with Crippen LogP contribution in [-0.4, -0.2) is 33.6 Å². The van der Waals surface area contributed by atoms with Crippen LogP contribution < -0.4 is 14.4 Å². The summed E-state index contributed by atoms with van der Waals surface area (Å²) in [6.07, 6.45) is 0. The van der Waals surface area contributed by atoms with E-state index in [1.807, 2.05) is 44.2 Å². The first-order chi connectivity index (χ1) is 21.9. The Morgan fingerprint density at radius 1 is 0.956 bits per heavy atom. The van der Waals surface area contributed by atoms with Gasteiger partial charge in [-0.15, -0.1) is 21.5 Å². The maximum Gasteiger partial charge on any atom is 0.296 e. The zero-order chi connectivity index (χ0) is 31.3. The molecule has 1 unspecified atom stereocenters. The number of Topliss-reactive ketones (excluding diaryl/α,β-unsaturated/α-hetero) is 1. The van der Waals surface area contributed by atoms with Crippen molar-refractivity contribution in [3.8, 4) is 11.5 Å². The summed E-state index contributed by atoms with van der Waals surface area (Å²) in [6.45, 7) is 4.62. The normalized spacial score (nSPS) is 14.7. The molecule has 1 aliphatic rings.